The van der Waals surface area contributed by atoms with E-state index in [1.807, 2.05) is 0 Å². The van der Waals surface area contributed by atoms with Crippen molar-refractivity contribution in [2.75, 3.05) is 32.8 Å². The van der Waals surface area contributed by atoms with Gasteiger partial charge in [0.25, 0.3) is 11.1 Å². The minimum absolute atomic E-state index is 0.0191. The third-order valence-corrected chi connectivity index (χ3v) is 7.54. The van der Waals surface area contributed by atoms with E-state index in [-0.39, 0.29) is 33.4 Å². The summed E-state index contributed by atoms with van der Waals surface area (Å²) in [6.07, 6.45) is 0. The molecule has 184 valence electrons. The number of aromatic nitrogens is 3. The molecule has 13 heteroatoms. The van der Waals surface area contributed by atoms with Gasteiger partial charge in [-0.3, -0.25) is 4.79 Å². The third kappa shape index (κ3) is 4.95. The summed E-state index contributed by atoms with van der Waals surface area (Å²) in [6, 6.07) is 7.71. The number of rotatable bonds is 10. The van der Waals surface area contributed by atoms with Crippen molar-refractivity contribution in [2.45, 2.75) is 17.0 Å². The summed E-state index contributed by atoms with van der Waals surface area (Å²) in [5.41, 5.74) is 1.28. The Bertz CT molecular complexity index is 1470. The normalized spacial score (nSPS) is 11.5. The first-order valence-electron chi connectivity index (χ1n) is 10.2. The van der Waals surface area contributed by atoms with Crippen molar-refractivity contribution in [1.82, 2.24) is 15.2 Å². The first-order chi connectivity index (χ1) is 16.8. The van der Waals surface area contributed by atoms with E-state index < -0.39 is 15.6 Å². The second-order valence-corrected chi connectivity index (χ2v) is 10.3. The number of benzene rings is 2. The van der Waals surface area contributed by atoms with Crippen molar-refractivity contribution < 1.29 is 36.3 Å². The number of hydrogen-bond donors (Lipinski definition) is 0. The summed E-state index contributed by atoms with van der Waals surface area (Å²) in [6.45, 7) is 1.57. The highest BCUT2D eigenvalue weighted by Gasteiger charge is 2.21. The molecule has 0 bridgehead atoms. The predicted octanol–water partition coefficient (Wildman–Crippen LogP) is 3.67. The van der Waals surface area contributed by atoms with Crippen LogP contribution in [0.25, 0.3) is 22.6 Å². The van der Waals surface area contributed by atoms with Gasteiger partial charge in [0.2, 0.25) is 17.4 Å². The first-order valence-corrected chi connectivity index (χ1v) is 12.9. The van der Waals surface area contributed by atoms with Gasteiger partial charge in [0.05, 0.1) is 37.7 Å². The van der Waals surface area contributed by atoms with E-state index in [0.717, 1.165) is 11.8 Å². The molecule has 0 radical (unpaired) electrons. The highest BCUT2D eigenvalue weighted by atomic mass is 32.2. The lowest BCUT2D eigenvalue weighted by molar-refractivity contribution is 0.0986. The number of methoxy groups -OCH3 is 3. The molecule has 0 saturated carbocycles. The van der Waals surface area contributed by atoms with Crippen molar-refractivity contribution in [2.24, 2.45) is 0 Å². The molecule has 4 rings (SSSR count). The number of hydrogen-bond acceptors (Lipinski definition) is 12. The van der Waals surface area contributed by atoms with Gasteiger partial charge in [0.1, 0.15) is 5.52 Å². The summed E-state index contributed by atoms with van der Waals surface area (Å²) in [5, 5.41) is 8.00. The molecule has 0 saturated heterocycles. The molecule has 4 aromatic rings. The maximum Gasteiger partial charge on any atom is 0.285 e. The van der Waals surface area contributed by atoms with Gasteiger partial charge >= 0.3 is 0 Å². The highest BCUT2D eigenvalue weighted by molar-refractivity contribution is 7.99. The third-order valence-electron chi connectivity index (χ3n) is 4.98. The number of carbonyl (C=O) groups excluding carboxylic acids is 1. The average molecular weight is 520 g/mol. The molecule has 0 N–H and O–H groups in total. The number of sulfone groups is 1. The van der Waals surface area contributed by atoms with Crippen molar-refractivity contribution in [1.29, 1.82) is 0 Å². The van der Waals surface area contributed by atoms with E-state index in [1.54, 1.807) is 25.1 Å². The van der Waals surface area contributed by atoms with Crippen LogP contribution in [0, 0.1) is 0 Å². The van der Waals surface area contributed by atoms with Crippen LogP contribution in [0.2, 0.25) is 0 Å². The van der Waals surface area contributed by atoms with Gasteiger partial charge in [-0.25, -0.2) is 13.4 Å². The summed E-state index contributed by atoms with van der Waals surface area (Å²) in [5.74, 6) is 0.585. The van der Waals surface area contributed by atoms with E-state index in [2.05, 4.69) is 15.2 Å². The molecule has 0 aliphatic rings. The van der Waals surface area contributed by atoms with Gasteiger partial charge in [-0.05, 0) is 30.3 Å². The summed E-state index contributed by atoms with van der Waals surface area (Å²) in [4.78, 5) is 17.0. The fourth-order valence-electron chi connectivity index (χ4n) is 3.15. The van der Waals surface area contributed by atoms with Crippen LogP contribution in [0.15, 0.2) is 49.3 Å². The van der Waals surface area contributed by atoms with E-state index in [1.165, 1.54) is 33.5 Å². The Kier molecular flexibility index (Phi) is 6.98. The smallest absolute Gasteiger partial charge is 0.285 e. The van der Waals surface area contributed by atoms with E-state index in [9.17, 15) is 13.2 Å². The average Bonchev–Trinajstić information content (AvgIpc) is 3.53. The van der Waals surface area contributed by atoms with Crippen molar-refractivity contribution in [3.8, 4) is 28.7 Å². The minimum Gasteiger partial charge on any atom is -0.493 e. The maximum absolute atomic E-state index is 12.6. The Morgan fingerprint density at radius 1 is 1.00 bits per heavy atom. The molecule has 0 aliphatic carbocycles. The zero-order valence-corrected chi connectivity index (χ0v) is 20.9. The van der Waals surface area contributed by atoms with Crippen molar-refractivity contribution in [3.05, 3.63) is 36.2 Å². The molecular weight excluding hydrogens is 498 g/mol. The zero-order valence-electron chi connectivity index (χ0n) is 19.2. The number of carbonyl (C=O) groups is 1. The SMILES string of the molecule is CCS(=O)(=O)c1ccc2oc(SCC(=O)c3nnc(-c4cc(OC)c(OC)c(OC)c4)o3)nc2c1. The Morgan fingerprint density at radius 2 is 1.71 bits per heavy atom. The Hall–Kier alpha value is -3.58. The zero-order chi connectivity index (χ0) is 25.2. The van der Waals surface area contributed by atoms with Crippen LogP contribution in [0.1, 0.15) is 17.6 Å². The van der Waals surface area contributed by atoms with Gasteiger partial charge in [0.15, 0.2) is 26.9 Å². The van der Waals surface area contributed by atoms with E-state index in [0.29, 0.717) is 33.9 Å². The quantitative estimate of drug-likeness (QED) is 0.223. The van der Waals surface area contributed by atoms with Crippen LogP contribution in [0.4, 0.5) is 0 Å². The molecule has 11 nitrogen and oxygen atoms in total. The van der Waals surface area contributed by atoms with Crippen LogP contribution in [0.5, 0.6) is 17.2 Å². The molecule has 2 aromatic carbocycles. The highest BCUT2D eigenvalue weighted by Crippen LogP contribution is 2.41. The minimum atomic E-state index is -3.37. The first kappa shape index (κ1) is 24.5. The Balaban J connectivity index is 1.50. The lowest BCUT2D eigenvalue weighted by Crippen LogP contribution is -2.03. The molecule has 35 heavy (non-hydrogen) atoms. The lowest BCUT2D eigenvalue weighted by Gasteiger charge is -2.12. The fourth-order valence-corrected chi connectivity index (χ4v) is 4.74. The van der Waals surface area contributed by atoms with Crippen LogP contribution >= 0.6 is 11.8 Å². The summed E-state index contributed by atoms with van der Waals surface area (Å²) < 4.78 is 51.3. The van der Waals surface area contributed by atoms with Crippen LogP contribution in [-0.4, -0.2) is 62.2 Å². The van der Waals surface area contributed by atoms with E-state index >= 15 is 0 Å². The number of oxazole rings is 1. The summed E-state index contributed by atoms with van der Waals surface area (Å²) in [7, 11) is 1.09. The number of ether oxygens (including phenoxy) is 3. The second-order valence-electron chi connectivity index (χ2n) is 7.05. The molecule has 0 atom stereocenters. The monoisotopic (exact) mass is 519 g/mol. The number of nitrogens with zero attached hydrogens (tertiary/aromatic N) is 3. The Labute approximate surface area is 204 Å². The molecule has 2 aromatic heterocycles. The molecule has 0 aliphatic heterocycles. The van der Waals surface area contributed by atoms with Crippen LogP contribution in [-0.2, 0) is 9.84 Å². The molecule has 2 heterocycles. The fraction of sp³-hybridized carbons (Fsp3) is 0.273. The topological polar surface area (TPSA) is 144 Å². The van der Waals surface area contributed by atoms with Crippen molar-refractivity contribution in [3.63, 3.8) is 0 Å². The van der Waals surface area contributed by atoms with Gasteiger partial charge in [-0.2, -0.15) is 0 Å². The molecule has 0 fully saturated rings. The molecular formula is C22H21N3O8S2. The Morgan fingerprint density at radius 3 is 2.34 bits per heavy atom. The van der Waals surface area contributed by atoms with Crippen molar-refractivity contribution >= 4 is 38.5 Å². The van der Waals surface area contributed by atoms with Crippen LogP contribution < -0.4 is 14.2 Å². The number of thioether (sulfide) groups is 1. The van der Waals surface area contributed by atoms with Gasteiger partial charge in [-0.15, -0.1) is 10.2 Å². The van der Waals surface area contributed by atoms with Gasteiger partial charge in [0, 0.05) is 5.56 Å². The number of Topliss-reactive ketones (excluding diaryl/α,β-unsaturated/α-hetero) is 1. The molecule has 0 amide bonds. The summed E-state index contributed by atoms with van der Waals surface area (Å²) >= 11 is 1.03. The maximum atomic E-state index is 12.6. The van der Waals surface area contributed by atoms with Crippen LogP contribution in [0.3, 0.4) is 0 Å². The number of fused-ring (bicyclic) bond motifs is 1. The van der Waals surface area contributed by atoms with Gasteiger partial charge < -0.3 is 23.0 Å². The molecule has 0 unspecified atom stereocenters. The standard InChI is InChI=1S/C22H21N3O8S2/c1-5-35(27,28)13-6-7-16-14(10-13)23-22(32-16)34-11-15(26)21-25-24-20(33-21)12-8-17(29-2)19(31-4)18(9-12)30-3/h6-10H,5,11H2,1-4H3. The number of ketones is 1. The molecule has 0 spiro atoms. The largest absolute Gasteiger partial charge is 0.493 e. The van der Waals surface area contributed by atoms with Gasteiger partial charge in [-0.1, -0.05) is 18.7 Å². The predicted molar refractivity (Wildman–Crippen MR) is 126 cm³/mol. The second kappa shape index (κ2) is 9.96. The lowest BCUT2D eigenvalue weighted by atomic mass is 10.2. The van der Waals surface area contributed by atoms with E-state index in [4.69, 9.17) is 23.0 Å².